The molecule has 2 N–H and O–H groups in total. The third kappa shape index (κ3) is 1.95. The summed E-state index contributed by atoms with van der Waals surface area (Å²) in [4.78, 5) is 0. The molecule has 4 atom stereocenters. The first-order chi connectivity index (χ1) is 5.69. The first-order valence-corrected chi connectivity index (χ1v) is 4.15. The second-order valence-corrected chi connectivity index (χ2v) is 3.15. The molecular weight excluding hydrogens is 158 g/mol. The molecule has 0 aromatic rings. The molecule has 0 aliphatic carbocycles. The number of rotatable bonds is 2. The molecular formula is C8H17NO3. The summed E-state index contributed by atoms with van der Waals surface area (Å²) in [7, 11) is 3.22. The Morgan fingerprint density at radius 3 is 2.50 bits per heavy atom. The van der Waals surface area contributed by atoms with E-state index >= 15 is 0 Å². The van der Waals surface area contributed by atoms with Crippen LogP contribution in [0, 0.1) is 0 Å². The highest BCUT2D eigenvalue weighted by atomic mass is 16.7. The van der Waals surface area contributed by atoms with Crippen molar-refractivity contribution in [1.82, 2.24) is 0 Å². The van der Waals surface area contributed by atoms with Crippen LogP contribution in [-0.4, -0.2) is 38.8 Å². The van der Waals surface area contributed by atoms with Crippen LogP contribution in [0.5, 0.6) is 0 Å². The molecule has 0 amide bonds. The van der Waals surface area contributed by atoms with Crippen LogP contribution in [0.25, 0.3) is 0 Å². The molecule has 1 saturated heterocycles. The fourth-order valence-corrected chi connectivity index (χ4v) is 1.56. The van der Waals surface area contributed by atoms with Crippen LogP contribution < -0.4 is 5.73 Å². The van der Waals surface area contributed by atoms with E-state index in [1.54, 1.807) is 14.2 Å². The van der Waals surface area contributed by atoms with Crippen molar-refractivity contribution in [3.05, 3.63) is 0 Å². The van der Waals surface area contributed by atoms with E-state index in [4.69, 9.17) is 19.9 Å². The SMILES string of the molecule is CO[C@@H]1O[C@@H](C)C[C@@H](N)[C@@H]1OC. The summed E-state index contributed by atoms with van der Waals surface area (Å²) < 4.78 is 15.8. The lowest BCUT2D eigenvalue weighted by Gasteiger charge is -2.37. The number of nitrogens with two attached hydrogens (primary N) is 1. The summed E-state index contributed by atoms with van der Waals surface area (Å²) in [5.41, 5.74) is 5.86. The van der Waals surface area contributed by atoms with Gasteiger partial charge >= 0.3 is 0 Å². The van der Waals surface area contributed by atoms with Gasteiger partial charge in [-0.05, 0) is 13.3 Å². The van der Waals surface area contributed by atoms with Crippen molar-refractivity contribution >= 4 is 0 Å². The zero-order chi connectivity index (χ0) is 9.14. The highest BCUT2D eigenvalue weighted by Gasteiger charge is 2.35. The van der Waals surface area contributed by atoms with E-state index in [0.717, 1.165) is 6.42 Å². The van der Waals surface area contributed by atoms with Crippen molar-refractivity contribution in [3.63, 3.8) is 0 Å². The van der Waals surface area contributed by atoms with Crippen LogP contribution in [0.15, 0.2) is 0 Å². The largest absolute Gasteiger partial charge is 0.375 e. The molecule has 0 radical (unpaired) electrons. The third-order valence-electron chi connectivity index (χ3n) is 2.17. The molecule has 1 aliphatic rings. The Bertz CT molecular complexity index is 142. The standard InChI is InChI=1S/C8H17NO3/c1-5-4-6(9)7(10-2)8(11-3)12-5/h5-8H,4,9H2,1-3H3/t5-,6+,7-,8+/m0/s1. The van der Waals surface area contributed by atoms with Gasteiger partial charge in [0.1, 0.15) is 6.10 Å². The maximum Gasteiger partial charge on any atom is 0.185 e. The van der Waals surface area contributed by atoms with Gasteiger partial charge in [-0.15, -0.1) is 0 Å². The van der Waals surface area contributed by atoms with Gasteiger partial charge < -0.3 is 19.9 Å². The third-order valence-corrected chi connectivity index (χ3v) is 2.17. The summed E-state index contributed by atoms with van der Waals surface area (Å²) >= 11 is 0. The normalized spacial score (nSPS) is 43.0. The van der Waals surface area contributed by atoms with E-state index in [1.807, 2.05) is 6.92 Å². The molecule has 0 spiro atoms. The Morgan fingerprint density at radius 2 is 2.00 bits per heavy atom. The highest BCUT2D eigenvalue weighted by molar-refractivity contribution is 4.83. The molecule has 0 unspecified atom stereocenters. The summed E-state index contributed by atoms with van der Waals surface area (Å²) in [6.45, 7) is 1.98. The smallest absolute Gasteiger partial charge is 0.185 e. The zero-order valence-corrected chi connectivity index (χ0v) is 7.82. The van der Waals surface area contributed by atoms with Crippen LogP contribution in [0.1, 0.15) is 13.3 Å². The van der Waals surface area contributed by atoms with Gasteiger partial charge in [-0.2, -0.15) is 0 Å². The van der Waals surface area contributed by atoms with Crippen molar-refractivity contribution in [2.75, 3.05) is 14.2 Å². The number of ether oxygens (including phenoxy) is 3. The second kappa shape index (κ2) is 4.18. The Labute approximate surface area is 73.0 Å². The Kier molecular flexibility index (Phi) is 3.46. The van der Waals surface area contributed by atoms with Gasteiger partial charge in [0.25, 0.3) is 0 Å². The van der Waals surface area contributed by atoms with E-state index < -0.39 is 0 Å². The Morgan fingerprint density at radius 1 is 1.33 bits per heavy atom. The van der Waals surface area contributed by atoms with Crippen LogP contribution in [0.4, 0.5) is 0 Å². The van der Waals surface area contributed by atoms with Crippen molar-refractivity contribution < 1.29 is 14.2 Å². The van der Waals surface area contributed by atoms with Gasteiger partial charge in [0, 0.05) is 20.3 Å². The molecule has 0 bridgehead atoms. The minimum atomic E-state index is -0.325. The topological polar surface area (TPSA) is 53.7 Å². The van der Waals surface area contributed by atoms with Gasteiger partial charge in [0.15, 0.2) is 6.29 Å². The molecule has 1 fully saturated rings. The van der Waals surface area contributed by atoms with Gasteiger partial charge in [-0.1, -0.05) is 0 Å². The van der Waals surface area contributed by atoms with Crippen molar-refractivity contribution in [2.24, 2.45) is 5.73 Å². The molecule has 72 valence electrons. The van der Waals surface area contributed by atoms with Crippen LogP contribution >= 0.6 is 0 Å². The average molecular weight is 175 g/mol. The summed E-state index contributed by atoms with van der Waals surface area (Å²) in [5.74, 6) is 0. The van der Waals surface area contributed by atoms with E-state index in [1.165, 1.54) is 0 Å². The lowest BCUT2D eigenvalue weighted by atomic mass is 10.0. The zero-order valence-electron chi connectivity index (χ0n) is 7.82. The van der Waals surface area contributed by atoms with E-state index in [9.17, 15) is 0 Å². The van der Waals surface area contributed by atoms with Gasteiger partial charge in [0.2, 0.25) is 0 Å². The van der Waals surface area contributed by atoms with E-state index in [2.05, 4.69) is 0 Å². The van der Waals surface area contributed by atoms with Gasteiger partial charge in [-0.25, -0.2) is 0 Å². The molecule has 4 heteroatoms. The molecule has 1 rings (SSSR count). The molecule has 4 nitrogen and oxygen atoms in total. The van der Waals surface area contributed by atoms with Crippen LogP contribution in [0.2, 0.25) is 0 Å². The molecule has 1 heterocycles. The first kappa shape index (κ1) is 9.92. The monoisotopic (exact) mass is 175 g/mol. The quantitative estimate of drug-likeness (QED) is 0.647. The van der Waals surface area contributed by atoms with Gasteiger partial charge in [0.05, 0.1) is 6.10 Å². The van der Waals surface area contributed by atoms with E-state index in [-0.39, 0.29) is 24.5 Å². The second-order valence-electron chi connectivity index (χ2n) is 3.15. The predicted molar refractivity (Wildman–Crippen MR) is 44.7 cm³/mol. The highest BCUT2D eigenvalue weighted by Crippen LogP contribution is 2.20. The molecule has 0 saturated carbocycles. The number of hydrogen-bond acceptors (Lipinski definition) is 4. The number of hydrogen-bond donors (Lipinski definition) is 1. The minimum absolute atomic E-state index is 0.00343. The first-order valence-electron chi connectivity index (χ1n) is 4.15. The Hall–Kier alpha value is -0.160. The van der Waals surface area contributed by atoms with Crippen molar-refractivity contribution in [2.45, 2.75) is 37.9 Å². The Balaban J connectivity index is 2.56. The van der Waals surface area contributed by atoms with Crippen LogP contribution in [-0.2, 0) is 14.2 Å². The molecule has 1 aliphatic heterocycles. The fourth-order valence-electron chi connectivity index (χ4n) is 1.56. The fraction of sp³-hybridized carbons (Fsp3) is 1.00. The van der Waals surface area contributed by atoms with E-state index in [0.29, 0.717) is 0 Å². The van der Waals surface area contributed by atoms with Crippen LogP contribution in [0.3, 0.4) is 0 Å². The summed E-state index contributed by atoms with van der Waals surface area (Å²) in [5, 5.41) is 0. The summed E-state index contributed by atoms with van der Waals surface area (Å²) in [6.07, 6.45) is 0.495. The molecule has 0 aromatic carbocycles. The summed E-state index contributed by atoms with van der Waals surface area (Å²) in [6, 6.07) is 0.00343. The lowest BCUT2D eigenvalue weighted by Crippen LogP contribution is -2.53. The van der Waals surface area contributed by atoms with Crippen molar-refractivity contribution in [1.29, 1.82) is 0 Å². The van der Waals surface area contributed by atoms with Gasteiger partial charge in [-0.3, -0.25) is 0 Å². The van der Waals surface area contributed by atoms with Crippen molar-refractivity contribution in [3.8, 4) is 0 Å². The maximum atomic E-state index is 5.86. The predicted octanol–water partition coefficient (Wildman–Crippen LogP) is 0.110. The minimum Gasteiger partial charge on any atom is -0.375 e. The number of methoxy groups -OCH3 is 2. The maximum absolute atomic E-state index is 5.86. The molecule has 12 heavy (non-hydrogen) atoms. The molecule has 0 aromatic heterocycles. The lowest BCUT2D eigenvalue weighted by molar-refractivity contribution is -0.236. The average Bonchev–Trinajstić information content (AvgIpc) is 2.03.